The Balaban J connectivity index is 1.28. The number of aromatic nitrogens is 4. The number of amides is 1. The smallest absolute Gasteiger partial charge is 0.253 e. The second-order valence-electron chi connectivity index (χ2n) is 7.91. The van der Waals surface area contributed by atoms with Crippen LogP contribution in [-0.4, -0.2) is 70.9 Å². The predicted molar refractivity (Wildman–Crippen MR) is 107 cm³/mol. The largest absolute Gasteiger partial charge is 0.378 e. The van der Waals surface area contributed by atoms with Crippen molar-refractivity contribution < 1.29 is 4.79 Å². The van der Waals surface area contributed by atoms with E-state index in [1.807, 2.05) is 60.3 Å². The summed E-state index contributed by atoms with van der Waals surface area (Å²) < 4.78 is 1.71. The van der Waals surface area contributed by atoms with E-state index in [4.69, 9.17) is 0 Å². The first-order chi connectivity index (χ1) is 13.6. The van der Waals surface area contributed by atoms with Gasteiger partial charge in [0.1, 0.15) is 12.1 Å². The fourth-order valence-electron chi connectivity index (χ4n) is 4.33. The Morgan fingerprint density at radius 1 is 1.07 bits per heavy atom. The van der Waals surface area contributed by atoms with Crippen LogP contribution in [0.15, 0.2) is 42.7 Å². The molecule has 144 valence electrons. The molecule has 3 aromatic rings. The quantitative estimate of drug-likeness (QED) is 0.687. The van der Waals surface area contributed by atoms with Gasteiger partial charge >= 0.3 is 0 Å². The molecular weight excluding hydrogens is 354 g/mol. The summed E-state index contributed by atoms with van der Waals surface area (Å²) in [6.07, 6.45) is 1.62. The van der Waals surface area contributed by atoms with E-state index in [0.29, 0.717) is 11.8 Å². The maximum absolute atomic E-state index is 13.0. The number of carbonyl (C=O) groups excluding carboxylic acids is 1. The number of fused-ring (bicyclic) bond motifs is 2. The molecule has 4 heterocycles. The Hall–Kier alpha value is -3.16. The van der Waals surface area contributed by atoms with Crippen molar-refractivity contribution in [3.8, 4) is 0 Å². The Kier molecular flexibility index (Phi) is 3.92. The van der Waals surface area contributed by atoms with Crippen molar-refractivity contribution in [2.45, 2.75) is 0 Å². The number of carbonyl (C=O) groups is 1. The molecule has 2 aromatic heterocycles. The van der Waals surface area contributed by atoms with Crippen LogP contribution in [-0.2, 0) is 0 Å². The van der Waals surface area contributed by atoms with Crippen LogP contribution in [0.3, 0.4) is 0 Å². The van der Waals surface area contributed by atoms with Gasteiger partial charge in [-0.2, -0.15) is 4.52 Å². The molecule has 0 saturated carbocycles. The molecule has 2 aliphatic heterocycles. The van der Waals surface area contributed by atoms with Gasteiger partial charge in [-0.15, -0.1) is 15.3 Å². The third-order valence-corrected chi connectivity index (χ3v) is 5.85. The molecule has 8 heteroatoms. The fraction of sp³-hybridized carbons (Fsp3) is 0.400. The summed E-state index contributed by atoms with van der Waals surface area (Å²) >= 11 is 0. The highest BCUT2D eigenvalue weighted by molar-refractivity contribution is 5.95. The highest BCUT2D eigenvalue weighted by atomic mass is 16.2. The molecular formula is C20H23N7O. The van der Waals surface area contributed by atoms with Gasteiger partial charge in [-0.3, -0.25) is 4.79 Å². The lowest BCUT2D eigenvalue weighted by Gasteiger charge is -2.23. The number of anilines is 2. The molecule has 0 bridgehead atoms. The molecule has 28 heavy (non-hydrogen) atoms. The van der Waals surface area contributed by atoms with Gasteiger partial charge < -0.3 is 14.7 Å². The van der Waals surface area contributed by atoms with Crippen LogP contribution in [0.2, 0.25) is 0 Å². The topological polar surface area (TPSA) is 69.9 Å². The Labute approximate surface area is 163 Å². The molecule has 1 aromatic carbocycles. The van der Waals surface area contributed by atoms with Gasteiger partial charge in [0.25, 0.3) is 5.91 Å². The molecule has 0 N–H and O–H groups in total. The van der Waals surface area contributed by atoms with Gasteiger partial charge in [0.15, 0.2) is 5.65 Å². The SMILES string of the molecule is CN(C)c1cccc(C(=O)N2CC3CN(c4ccc5nncn5n4)CC3C2)c1. The molecule has 2 saturated heterocycles. The third kappa shape index (κ3) is 2.85. The number of nitrogens with zero attached hydrogens (tertiary/aromatic N) is 7. The summed E-state index contributed by atoms with van der Waals surface area (Å²) in [4.78, 5) is 19.3. The lowest BCUT2D eigenvalue weighted by atomic mass is 10.0. The van der Waals surface area contributed by atoms with E-state index in [0.717, 1.165) is 48.9 Å². The summed E-state index contributed by atoms with van der Waals surface area (Å²) in [5, 5.41) is 12.5. The maximum Gasteiger partial charge on any atom is 0.253 e. The molecule has 0 aliphatic carbocycles. The van der Waals surface area contributed by atoms with Crippen molar-refractivity contribution >= 4 is 23.1 Å². The first-order valence-electron chi connectivity index (χ1n) is 9.57. The lowest BCUT2D eigenvalue weighted by Crippen LogP contribution is -2.33. The summed E-state index contributed by atoms with van der Waals surface area (Å²) in [7, 11) is 3.98. The molecule has 1 amide bonds. The highest BCUT2D eigenvalue weighted by Crippen LogP contribution is 2.34. The summed E-state index contributed by atoms with van der Waals surface area (Å²) in [6, 6.07) is 11.8. The van der Waals surface area contributed by atoms with Crippen LogP contribution in [0.25, 0.3) is 5.65 Å². The average molecular weight is 377 g/mol. The minimum Gasteiger partial charge on any atom is -0.378 e. The molecule has 8 nitrogen and oxygen atoms in total. The van der Waals surface area contributed by atoms with E-state index in [1.165, 1.54) is 0 Å². The number of hydrogen-bond acceptors (Lipinski definition) is 6. The van der Waals surface area contributed by atoms with Gasteiger partial charge in [0, 0.05) is 63.4 Å². The van der Waals surface area contributed by atoms with Gasteiger partial charge in [-0.1, -0.05) is 6.07 Å². The zero-order chi connectivity index (χ0) is 19.3. The van der Waals surface area contributed by atoms with Crippen LogP contribution in [0.5, 0.6) is 0 Å². The number of hydrogen-bond donors (Lipinski definition) is 0. The lowest BCUT2D eigenvalue weighted by molar-refractivity contribution is 0.0782. The van der Waals surface area contributed by atoms with Crippen molar-refractivity contribution in [3.05, 3.63) is 48.3 Å². The van der Waals surface area contributed by atoms with E-state index in [9.17, 15) is 4.79 Å². The van der Waals surface area contributed by atoms with E-state index >= 15 is 0 Å². The predicted octanol–water partition coefficient (Wildman–Crippen LogP) is 1.40. The van der Waals surface area contributed by atoms with Gasteiger partial charge in [-0.05, 0) is 30.3 Å². The molecule has 2 atom stereocenters. The first-order valence-corrected chi connectivity index (χ1v) is 9.57. The van der Waals surface area contributed by atoms with E-state index < -0.39 is 0 Å². The van der Waals surface area contributed by atoms with Crippen LogP contribution < -0.4 is 9.80 Å². The van der Waals surface area contributed by atoms with E-state index in [2.05, 4.69) is 20.2 Å². The monoisotopic (exact) mass is 377 g/mol. The van der Waals surface area contributed by atoms with Gasteiger partial charge in [0.2, 0.25) is 0 Å². The second-order valence-corrected chi connectivity index (χ2v) is 7.91. The standard InChI is InChI=1S/C20H23N7O/c1-24(2)17-5-3-4-14(8-17)20(28)26-11-15-9-25(10-16(15)12-26)19-7-6-18-22-21-13-27(18)23-19/h3-8,13,15-16H,9-12H2,1-2H3. The van der Waals surface area contributed by atoms with Crippen molar-refractivity contribution in [2.75, 3.05) is 50.1 Å². The van der Waals surface area contributed by atoms with Crippen LogP contribution in [0.1, 0.15) is 10.4 Å². The molecule has 0 radical (unpaired) electrons. The Morgan fingerprint density at radius 3 is 2.61 bits per heavy atom. The Morgan fingerprint density at radius 2 is 1.86 bits per heavy atom. The minimum absolute atomic E-state index is 0.133. The minimum atomic E-state index is 0.133. The maximum atomic E-state index is 13.0. The fourth-order valence-corrected chi connectivity index (χ4v) is 4.33. The number of benzene rings is 1. The van der Waals surface area contributed by atoms with Crippen LogP contribution in [0, 0.1) is 11.8 Å². The van der Waals surface area contributed by atoms with Gasteiger partial charge in [0.05, 0.1) is 0 Å². The third-order valence-electron chi connectivity index (χ3n) is 5.85. The van der Waals surface area contributed by atoms with Crippen molar-refractivity contribution in [1.29, 1.82) is 0 Å². The molecule has 2 unspecified atom stereocenters. The molecule has 2 fully saturated rings. The summed E-state index contributed by atoms with van der Waals surface area (Å²) in [5.41, 5.74) is 2.56. The van der Waals surface area contributed by atoms with Crippen molar-refractivity contribution in [3.63, 3.8) is 0 Å². The normalized spacial score (nSPS) is 21.4. The number of rotatable bonds is 3. The zero-order valence-electron chi connectivity index (χ0n) is 16.1. The second kappa shape index (κ2) is 6.47. The average Bonchev–Trinajstić information content (AvgIpc) is 3.41. The Bertz CT molecular complexity index is 1020. The highest BCUT2D eigenvalue weighted by Gasteiger charge is 2.42. The zero-order valence-corrected chi connectivity index (χ0v) is 16.1. The van der Waals surface area contributed by atoms with Gasteiger partial charge in [-0.25, -0.2) is 0 Å². The first kappa shape index (κ1) is 17.0. The molecule has 5 rings (SSSR count). The van der Waals surface area contributed by atoms with Crippen molar-refractivity contribution in [1.82, 2.24) is 24.7 Å². The van der Waals surface area contributed by atoms with Crippen LogP contribution in [0.4, 0.5) is 11.5 Å². The van der Waals surface area contributed by atoms with E-state index in [1.54, 1.807) is 10.8 Å². The van der Waals surface area contributed by atoms with Crippen molar-refractivity contribution in [2.24, 2.45) is 11.8 Å². The molecule has 2 aliphatic rings. The molecule has 0 spiro atoms. The van der Waals surface area contributed by atoms with E-state index in [-0.39, 0.29) is 5.91 Å². The summed E-state index contributed by atoms with van der Waals surface area (Å²) in [5.74, 6) is 2.05. The van der Waals surface area contributed by atoms with Crippen LogP contribution >= 0.6 is 0 Å². The number of likely N-dealkylation sites (tertiary alicyclic amines) is 1. The summed E-state index contributed by atoms with van der Waals surface area (Å²) in [6.45, 7) is 3.46.